The fraction of sp³-hybridized carbons (Fsp3) is 0.588. The first-order valence-corrected chi connectivity index (χ1v) is 7.94. The van der Waals surface area contributed by atoms with E-state index < -0.39 is 0 Å². The Hall–Kier alpha value is -1.55. The molecular weight excluding hydrogens is 262 g/mol. The van der Waals surface area contributed by atoms with Gasteiger partial charge in [-0.3, -0.25) is 9.69 Å². The van der Waals surface area contributed by atoms with Crippen LogP contribution in [0.15, 0.2) is 18.2 Å². The van der Waals surface area contributed by atoms with Crippen molar-refractivity contribution in [1.29, 1.82) is 0 Å². The summed E-state index contributed by atoms with van der Waals surface area (Å²) >= 11 is 0. The molecule has 4 nitrogen and oxygen atoms in total. The fourth-order valence-electron chi connectivity index (χ4n) is 2.45. The molecule has 0 aromatic heterocycles. The number of hydrogen-bond acceptors (Lipinski definition) is 3. The van der Waals surface area contributed by atoms with Gasteiger partial charge >= 0.3 is 0 Å². The number of hydrogen-bond donors (Lipinski definition) is 2. The number of likely N-dealkylation sites (N-methyl/N-ethyl adjacent to an activating group) is 1. The highest BCUT2D eigenvalue weighted by atomic mass is 16.2. The number of nitrogens with two attached hydrogens (primary N) is 1. The minimum Gasteiger partial charge on any atom is -0.398 e. The number of nitrogen functional groups attached to an aromatic ring is 1. The van der Waals surface area contributed by atoms with Crippen molar-refractivity contribution in [2.75, 3.05) is 24.1 Å². The van der Waals surface area contributed by atoms with Crippen molar-refractivity contribution < 1.29 is 4.79 Å². The number of nitrogens with zero attached hydrogens (tertiary/aromatic N) is 1. The van der Waals surface area contributed by atoms with Gasteiger partial charge in [-0.25, -0.2) is 0 Å². The summed E-state index contributed by atoms with van der Waals surface area (Å²) in [5.74, 6) is 0.0544. The summed E-state index contributed by atoms with van der Waals surface area (Å²) < 4.78 is 0. The second-order valence-corrected chi connectivity index (χ2v) is 5.47. The number of carbonyl (C=O) groups is 1. The average Bonchev–Trinajstić information content (AvgIpc) is 2.47. The summed E-state index contributed by atoms with van der Waals surface area (Å²) in [5, 5.41) is 2.99. The number of amides is 1. The Labute approximate surface area is 128 Å². The maximum absolute atomic E-state index is 12.5. The molecule has 21 heavy (non-hydrogen) atoms. The highest BCUT2D eigenvalue weighted by Crippen LogP contribution is 2.18. The molecule has 1 amide bonds. The van der Waals surface area contributed by atoms with Crippen LogP contribution in [-0.4, -0.2) is 29.9 Å². The van der Waals surface area contributed by atoms with Crippen LogP contribution in [0.5, 0.6) is 0 Å². The summed E-state index contributed by atoms with van der Waals surface area (Å²) in [6, 6.07) is 5.57. The van der Waals surface area contributed by atoms with Gasteiger partial charge in [-0.2, -0.15) is 0 Å². The summed E-state index contributed by atoms with van der Waals surface area (Å²) in [4.78, 5) is 14.8. The zero-order valence-electron chi connectivity index (χ0n) is 13.8. The first kappa shape index (κ1) is 17.5. The topological polar surface area (TPSA) is 58.4 Å². The molecule has 0 aliphatic carbocycles. The van der Waals surface area contributed by atoms with Crippen LogP contribution in [0.1, 0.15) is 45.6 Å². The maximum Gasteiger partial charge on any atom is 0.241 e. The van der Waals surface area contributed by atoms with Crippen LogP contribution >= 0.6 is 0 Å². The normalized spacial score (nSPS) is 12.4. The summed E-state index contributed by atoms with van der Waals surface area (Å²) in [6.45, 7) is 10.2. The number of rotatable bonds is 8. The van der Waals surface area contributed by atoms with E-state index in [2.05, 4.69) is 31.0 Å². The molecule has 3 N–H and O–H groups in total. The van der Waals surface area contributed by atoms with Crippen LogP contribution < -0.4 is 11.1 Å². The van der Waals surface area contributed by atoms with Crippen LogP contribution in [-0.2, 0) is 4.79 Å². The lowest BCUT2D eigenvalue weighted by molar-refractivity contribution is -0.121. The van der Waals surface area contributed by atoms with E-state index in [9.17, 15) is 4.79 Å². The molecule has 0 heterocycles. The first-order valence-electron chi connectivity index (χ1n) is 7.94. The zero-order valence-corrected chi connectivity index (χ0v) is 13.8. The van der Waals surface area contributed by atoms with Crippen LogP contribution in [0.4, 0.5) is 11.4 Å². The maximum atomic E-state index is 12.5. The van der Waals surface area contributed by atoms with Crippen LogP contribution in [0.25, 0.3) is 0 Å². The molecule has 4 heteroatoms. The van der Waals surface area contributed by atoms with Gasteiger partial charge in [0.1, 0.15) is 0 Å². The third-order valence-electron chi connectivity index (χ3n) is 3.88. The number of unbranched alkanes of at least 4 members (excludes halogenated alkanes) is 1. The Balaban J connectivity index is 2.75. The summed E-state index contributed by atoms with van der Waals surface area (Å²) in [7, 11) is 0. The molecular formula is C17H29N3O. The first-order chi connectivity index (χ1) is 10.0. The van der Waals surface area contributed by atoms with Gasteiger partial charge in [0.2, 0.25) is 5.91 Å². The van der Waals surface area contributed by atoms with E-state index in [1.54, 1.807) is 0 Å². The molecule has 1 aromatic carbocycles. The highest BCUT2D eigenvalue weighted by Gasteiger charge is 2.22. The van der Waals surface area contributed by atoms with E-state index in [1.165, 1.54) is 0 Å². The standard InChI is InChI=1S/C17H29N3O/c1-5-8-11-20(7-3)16(6-2)17(21)19-14-10-9-13(4)15(18)12-14/h9-10,12,16H,5-8,11,18H2,1-4H3,(H,19,21). The smallest absolute Gasteiger partial charge is 0.241 e. The van der Waals surface area contributed by atoms with Crippen molar-refractivity contribution >= 4 is 17.3 Å². The number of nitrogens with one attached hydrogen (secondary N) is 1. The largest absolute Gasteiger partial charge is 0.398 e. The SMILES string of the molecule is CCCCN(CC)C(CC)C(=O)Nc1ccc(C)c(N)c1. The summed E-state index contributed by atoms with van der Waals surface area (Å²) in [5.41, 5.74) is 8.40. The lowest BCUT2D eigenvalue weighted by Gasteiger charge is -2.29. The minimum atomic E-state index is -0.0796. The van der Waals surface area contributed by atoms with E-state index in [0.29, 0.717) is 5.69 Å². The number of carbonyl (C=O) groups excluding carboxylic acids is 1. The van der Waals surface area contributed by atoms with Crippen LogP contribution in [0.2, 0.25) is 0 Å². The number of anilines is 2. The van der Waals surface area contributed by atoms with Crippen molar-refractivity contribution in [1.82, 2.24) is 4.90 Å². The summed E-state index contributed by atoms with van der Waals surface area (Å²) in [6.07, 6.45) is 3.07. The van der Waals surface area contributed by atoms with Crippen molar-refractivity contribution in [2.45, 2.75) is 53.0 Å². The van der Waals surface area contributed by atoms with E-state index in [0.717, 1.165) is 43.6 Å². The molecule has 0 radical (unpaired) electrons. The van der Waals surface area contributed by atoms with Gasteiger partial charge in [-0.1, -0.05) is 33.3 Å². The zero-order chi connectivity index (χ0) is 15.8. The molecule has 1 atom stereocenters. The molecule has 0 bridgehead atoms. The van der Waals surface area contributed by atoms with Gasteiger partial charge < -0.3 is 11.1 Å². The van der Waals surface area contributed by atoms with Crippen molar-refractivity contribution in [2.24, 2.45) is 0 Å². The Bertz CT molecular complexity index is 459. The molecule has 0 saturated carbocycles. The molecule has 118 valence electrons. The van der Waals surface area contributed by atoms with Gasteiger partial charge in [0, 0.05) is 11.4 Å². The van der Waals surface area contributed by atoms with E-state index in [4.69, 9.17) is 5.73 Å². The molecule has 0 aliphatic heterocycles. The van der Waals surface area contributed by atoms with Crippen LogP contribution in [0.3, 0.4) is 0 Å². The van der Waals surface area contributed by atoms with Gasteiger partial charge in [-0.05, 0) is 50.6 Å². The lowest BCUT2D eigenvalue weighted by atomic mass is 10.1. The Morgan fingerprint density at radius 3 is 2.57 bits per heavy atom. The predicted octanol–water partition coefficient (Wildman–Crippen LogP) is 3.42. The molecule has 1 aromatic rings. The third kappa shape index (κ3) is 5.05. The van der Waals surface area contributed by atoms with Crippen molar-refractivity contribution in [3.8, 4) is 0 Å². The Kier molecular flexibility index (Phi) is 7.23. The molecule has 0 saturated heterocycles. The molecule has 1 unspecified atom stereocenters. The van der Waals surface area contributed by atoms with Crippen molar-refractivity contribution in [3.63, 3.8) is 0 Å². The monoisotopic (exact) mass is 291 g/mol. The van der Waals surface area contributed by atoms with E-state index in [-0.39, 0.29) is 11.9 Å². The number of aryl methyl sites for hydroxylation is 1. The van der Waals surface area contributed by atoms with Gasteiger partial charge in [-0.15, -0.1) is 0 Å². The fourth-order valence-corrected chi connectivity index (χ4v) is 2.45. The number of benzene rings is 1. The van der Waals surface area contributed by atoms with Crippen molar-refractivity contribution in [3.05, 3.63) is 23.8 Å². The average molecular weight is 291 g/mol. The predicted molar refractivity (Wildman–Crippen MR) is 90.5 cm³/mol. The molecule has 0 aliphatic rings. The second-order valence-electron chi connectivity index (χ2n) is 5.47. The molecule has 0 fully saturated rings. The second kappa shape index (κ2) is 8.67. The minimum absolute atomic E-state index is 0.0544. The highest BCUT2D eigenvalue weighted by molar-refractivity contribution is 5.95. The van der Waals surface area contributed by atoms with Gasteiger partial charge in [0.05, 0.1) is 6.04 Å². The Morgan fingerprint density at radius 1 is 1.33 bits per heavy atom. The molecule has 1 rings (SSSR count). The van der Waals surface area contributed by atoms with Gasteiger partial charge in [0.15, 0.2) is 0 Å². The lowest BCUT2D eigenvalue weighted by Crippen LogP contribution is -2.44. The Morgan fingerprint density at radius 2 is 2.05 bits per heavy atom. The molecule has 0 spiro atoms. The van der Waals surface area contributed by atoms with Gasteiger partial charge in [0.25, 0.3) is 0 Å². The van der Waals surface area contributed by atoms with E-state index in [1.807, 2.05) is 25.1 Å². The third-order valence-corrected chi connectivity index (χ3v) is 3.88. The quantitative estimate of drug-likeness (QED) is 0.722. The van der Waals surface area contributed by atoms with Crippen LogP contribution in [0, 0.1) is 6.92 Å². The van der Waals surface area contributed by atoms with E-state index >= 15 is 0 Å².